The minimum Gasteiger partial charge on any atom is -0.393 e. The largest absolute Gasteiger partial charge is 0.393 e. The quantitative estimate of drug-likeness (QED) is 0.470. The van der Waals surface area contributed by atoms with E-state index >= 15 is 0 Å². The lowest BCUT2D eigenvalue weighted by molar-refractivity contribution is -0.0574. The lowest BCUT2D eigenvalue weighted by atomic mass is 9.47. The number of hydrogen-bond acceptors (Lipinski definition) is 1. The predicted molar refractivity (Wildman–Crippen MR) is 124 cm³/mol. The Morgan fingerprint density at radius 1 is 0.966 bits per heavy atom. The Morgan fingerprint density at radius 2 is 1.72 bits per heavy atom. The van der Waals surface area contributed by atoms with Gasteiger partial charge in [-0.25, -0.2) is 0 Å². The number of allylic oxidation sites excluding steroid dienone is 1. The highest BCUT2D eigenvalue weighted by atomic mass is 16.3. The summed E-state index contributed by atoms with van der Waals surface area (Å²) in [5.74, 6) is 6.24. The van der Waals surface area contributed by atoms with E-state index < -0.39 is 0 Å². The molecule has 0 aromatic rings. The lowest BCUT2D eigenvalue weighted by Crippen LogP contribution is -2.50. The molecule has 4 aliphatic carbocycles. The second-order valence-electron chi connectivity index (χ2n) is 12.7. The summed E-state index contributed by atoms with van der Waals surface area (Å²) >= 11 is 0. The average Bonchev–Trinajstić information content (AvgIpc) is 3.03. The van der Waals surface area contributed by atoms with E-state index in [0.717, 1.165) is 54.3 Å². The van der Waals surface area contributed by atoms with Crippen LogP contribution in [-0.4, -0.2) is 11.2 Å². The van der Waals surface area contributed by atoms with Gasteiger partial charge in [-0.3, -0.25) is 0 Å². The highest BCUT2D eigenvalue weighted by Gasteiger charge is 2.59. The van der Waals surface area contributed by atoms with Crippen LogP contribution in [0.1, 0.15) is 106 Å². The van der Waals surface area contributed by atoms with Crippen molar-refractivity contribution in [3.63, 3.8) is 0 Å². The summed E-state index contributed by atoms with van der Waals surface area (Å²) in [5.41, 5.74) is 2.59. The van der Waals surface area contributed by atoms with Gasteiger partial charge in [-0.15, -0.1) is 0 Å². The van der Waals surface area contributed by atoms with Gasteiger partial charge in [0.15, 0.2) is 0 Å². The first-order chi connectivity index (χ1) is 13.7. The Hall–Kier alpha value is -0.300. The lowest BCUT2D eigenvalue weighted by Gasteiger charge is -2.58. The van der Waals surface area contributed by atoms with Crippen LogP contribution in [0.25, 0.3) is 0 Å². The zero-order valence-electron chi connectivity index (χ0n) is 20.2. The smallest absolute Gasteiger partial charge is 0.0577 e. The summed E-state index contributed by atoms with van der Waals surface area (Å²) in [6, 6.07) is 0. The van der Waals surface area contributed by atoms with Gasteiger partial charge in [0.25, 0.3) is 0 Å². The molecule has 1 heteroatoms. The van der Waals surface area contributed by atoms with E-state index in [2.05, 4.69) is 47.6 Å². The topological polar surface area (TPSA) is 20.2 Å². The second-order valence-corrected chi connectivity index (χ2v) is 12.7. The number of rotatable bonds is 5. The van der Waals surface area contributed by atoms with Crippen molar-refractivity contribution in [3.05, 3.63) is 11.6 Å². The Morgan fingerprint density at radius 3 is 2.45 bits per heavy atom. The fourth-order valence-electron chi connectivity index (χ4n) is 8.68. The van der Waals surface area contributed by atoms with E-state index in [4.69, 9.17) is 0 Å². The van der Waals surface area contributed by atoms with Gasteiger partial charge in [0.1, 0.15) is 0 Å². The van der Waals surface area contributed by atoms with E-state index in [-0.39, 0.29) is 6.10 Å². The van der Waals surface area contributed by atoms with Gasteiger partial charge >= 0.3 is 0 Å². The third kappa shape index (κ3) is 3.66. The maximum atomic E-state index is 10.2. The molecular weight excluding hydrogens is 352 g/mol. The minimum absolute atomic E-state index is 0.0790. The molecule has 4 aliphatic rings. The molecule has 0 saturated heterocycles. The zero-order chi connectivity index (χ0) is 21.0. The predicted octanol–water partition coefficient (Wildman–Crippen LogP) is 7.63. The number of hydrogen-bond donors (Lipinski definition) is 1. The first kappa shape index (κ1) is 21.9. The molecule has 0 aromatic heterocycles. The maximum absolute atomic E-state index is 10.2. The van der Waals surface area contributed by atoms with Crippen molar-refractivity contribution in [2.24, 2.45) is 52.3 Å². The molecule has 0 spiro atoms. The molecular formula is C28H48O. The van der Waals surface area contributed by atoms with Crippen molar-refractivity contribution >= 4 is 0 Å². The minimum atomic E-state index is -0.0790. The zero-order valence-corrected chi connectivity index (χ0v) is 20.2. The molecule has 29 heavy (non-hydrogen) atoms. The molecule has 0 radical (unpaired) electrons. The first-order valence-corrected chi connectivity index (χ1v) is 13.0. The van der Waals surface area contributed by atoms with Crippen molar-refractivity contribution in [2.75, 3.05) is 0 Å². The van der Waals surface area contributed by atoms with Gasteiger partial charge in [0.2, 0.25) is 0 Å². The SMILES string of the molecule is CC(C)[C@@H](C)CC[C@@H](C)[C@@H]1CC[C@H]2[C@@H]3CC=C4C[C@@H](O)CC[C@]4(C)[C@@H]3CC[C@]21C. The van der Waals surface area contributed by atoms with E-state index in [1.807, 2.05) is 0 Å². The van der Waals surface area contributed by atoms with Crippen LogP contribution in [0.2, 0.25) is 0 Å². The van der Waals surface area contributed by atoms with Crippen LogP contribution in [0.3, 0.4) is 0 Å². The van der Waals surface area contributed by atoms with Crippen LogP contribution < -0.4 is 0 Å². The molecule has 1 N–H and O–H groups in total. The van der Waals surface area contributed by atoms with E-state index in [9.17, 15) is 5.11 Å². The molecule has 0 unspecified atom stereocenters. The molecule has 9 atom stereocenters. The van der Waals surface area contributed by atoms with Crippen molar-refractivity contribution < 1.29 is 5.11 Å². The average molecular weight is 401 g/mol. The van der Waals surface area contributed by atoms with E-state index in [1.54, 1.807) is 5.57 Å². The molecule has 0 aliphatic heterocycles. The van der Waals surface area contributed by atoms with Crippen LogP contribution in [0.4, 0.5) is 0 Å². The van der Waals surface area contributed by atoms with Crippen LogP contribution >= 0.6 is 0 Å². The Balaban J connectivity index is 1.49. The summed E-state index contributed by atoms with van der Waals surface area (Å²) in [6.07, 6.45) is 15.7. The van der Waals surface area contributed by atoms with Gasteiger partial charge in [0.05, 0.1) is 6.10 Å². The van der Waals surface area contributed by atoms with Crippen LogP contribution in [0, 0.1) is 52.3 Å². The summed E-state index contributed by atoms with van der Waals surface area (Å²) in [7, 11) is 0. The van der Waals surface area contributed by atoms with Gasteiger partial charge in [0, 0.05) is 0 Å². The third-order valence-corrected chi connectivity index (χ3v) is 11.1. The Bertz CT molecular complexity index is 620. The van der Waals surface area contributed by atoms with Crippen molar-refractivity contribution in [1.82, 2.24) is 0 Å². The molecule has 3 fully saturated rings. The molecule has 0 aromatic carbocycles. The molecule has 1 nitrogen and oxygen atoms in total. The summed E-state index contributed by atoms with van der Waals surface area (Å²) in [6.45, 7) is 15.1. The first-order valence-electron chi connectivity index (χ1n) is 13.0. The van der Waals surface area contributed by atoms with E-state index in [1.165, 1.54) is 51.4 Å². The number of aliphatic hydroxyl groups excluding tert-OH is 1. The molecule has 0 bridgehead atoms. The van der Waals surface area contributed by atoms with Crippen molar-refractivity contribution in [1.29, 1.82) is 0 Å². The van der Waals surface area contributed by atoms with Gasteiger partial charge in [-0.2, -0.15) is 0 Å². The van der Waals surface area contributed by atoms with Crippen LogP contribution in [0.15, 0.2) is 11.6 Å². The number of fused-ring (bicyclic) bond motifs is 5. The summed E-state index contributed by atoms with van der Waals surface area (Å²) in [5, 5.41) is 10.2. The number of aliphatic hydroxyl groups is 1. The fourth-order valence-corrected chi connectivity index (χ4v) is 8.68. The van der Waals surface area contributed by atoms with Gasteiger partial charge in [-0.1, -0.05) is 66.0 Å². The molecule has 0 amide bonds. The van der Waals surface area contributed by atoms with Crippen LogP contribution in [-0.2, 0) is 0 Å². The molecule has 0 heterocycles. The third-order valence-electron chi connectivity index (χ3n) is 11.1. The highest BCUT2D eigenvalue weighted by molar-refractivity contribution is 5.25. The summed E-state index contributed by atoms with van der Waals surface area (Å²) in [4.78, 5) is 0. The monoisotopic (exact) mass is 400 g/mol. The van der Waals surface area contributed by atoms with Gasteiger partial charge in [-0.05, 0) is 104 Å². The standard InChI is InChI=1S/C28H48O/c1-18(2)19(3)7-8-20(4)24-11-12-25-23-10-9-21-17-22(29)13-15-27(21,5)26(23)14-16-28(24,25)6/h9,18-20,22-26,29H,7-8,10-17H2,1-6H3/t19-,20+,22-,23-,24-,25-,26+,27-,28-/m0/s1. The van der Waals surface area contributed by atoms with Crippen LogP contribution in [0.5, 0.6) is 0 Å². The Labute approximate surface area is 181 Å². The highest BCUT2D eigenvalue weighted by Crippen LogP contribution is 2.67. The Kier molecular flexibility index (Phi) is 6.04. The normalized spacial score (nSPS) is 46.5. The van der Waals surface area contributed by atoms with E-state index in [0.29, 0.717) is 10.8 Å². The van der Waals surface area contributed by atoms with Gasteiger partial charge < -0.3 is 5.11 Å². The summed E-state index contributed by atoms with van der Waals surface area (Å²) < 4.78 is 0. The molecule has 166 valence electrons. The fraction of sp³-hybridized carbons (Fsp3) is 0.929. The molecule has 3 saturated carbocycles. The van der Waals surface area contributed by atoms with Crippen molar-refractivity contribution in [2.45, 2.75) is 112 Å². The maximum Gasteiger partial charge on any atom is 0.0577 e. The molecule has 4 rings (SSSR count). The van der Waals surface area contributed by atoms with Crippen molar-refractivity contribution in [3.8, 4) is 0 Å². The second kappa shape index (κ2) is 7.99.